The fraction of sp³-hybridized carbons (Fsp3) is 0.365. The van der Waals surface area contributed by atoms with Crippen molar-refractivity contribution in [1.82, 2.24) is 14.8 Å². The number of hydrogen-bond acceptors (Lipinski definition) is 14. The summed E-state index contributed by atoms with van der Waals surface area (Å²) in [5.41, 5.74) is 18.5. The Balaban J connectivity index is 0.000000258. The van der Waals surface area contributed by atoms with Crippen molar-refractivity contribution in [3.8, 4) is 0 Å². The van der Waals surface area contributed by atoms with Crippen molar-refractivity contribution in [3.63, 3.8) is 0 Å². The maximum absolute atomic E-state index is 12.9. The zero-order chi connectivity index (χ0) is 52.3. The summed E-state index contributed by atoms with van der Waals surface area (Å²) in [7, 11) is 0. The summed E-state index contributed by atoms with van der Waals surface area (Å²) in [4.78, 5) is 64.7. The normalized spacial score (nSPS) is 13.9. The molecular formula is C52H70BrN12O4PS3. The number of nitrogens with zero attached hydrogens (tertiary/aromatic N) is 6. The lowest BCUT2D eigenvalue weighted by molar-refractivity contribution is -0.115. The first-order valence-electron chi connectivity index (χ1n) is 23.8. The van der Waals surface area contributed by atoms with E-state index in [1.165, 1.54) is 48.3 Å². The van der Waals surface area contributed by atoms with Crippen molar-refractivity contribution in [2.24, 2.45) is 10.7 Å². The maximum Gasteiger partial charge on any atom is 0.221 e. The van der Waals surface area contributed by atoms with E-state index >= 15 is 0 Å². The highest BCUT2D eigenvalue weighted by molar-refractivity contribution is 9.09. The van der Waals surface area contributed by atoms with Gasteiger partial charge in [0.2, 0.25) is 17.6 Å². The standard InChI is InChI=1S/C25H30N6O2S.C17H27N5S2.C10H10BrNO2.H3P/c1-16(2)30-12-14-31(15-13-30)21-10-8-20(9-11-21)28-25-29-24(26)23(34-25)22(33)18-4-6-19(7-5-18)27-17(3)32;1-4-24-16(18)20-17(23)19-14-5-7-15(8-6-14)22-11-9-21(10-12-22)13(2)3;1-7(13)12-9-4-2-8(3-5-9)10(14)6-11;/h4-11,16H,12-15,26H2,1-3H3,(H,27,32)(H,28,29);5-8,13H,4,9-12H2,1-3H3,(H3,18,19,20,23);2-5H,6H2,1H3,(H,12,13);1H3. The molecule has 0 radical (unpaired) electrons. The van der Waals surface area contributed by atoms with Gasteiger partial charge in [0.15, 0.2) is 21.2 Å². The van der Waals surface area contributed by atoms with Crippen LogP contribution in [0.2, 0.25) is 0 Å². The highest BCUT2D eigenvalue weighted by Crippen LogP contribution is 2.31. The van der Waals surface area contributed by atoms with Gasteiger partial charge in [0.1, 0.15) is 10.7 Å². The van der Waals surface area contributed by atoms with Gasteiger partial charge in [0.25, 0.3) is 0 Å². The van der Waals surface area contributed by atoms with Crippen molar-refractivity contribution in [2.75, 3.05) is 100 Å². The molecule has 0 saturated carbocycles. The molecule has 2 amide bonds. The summed E-state index contributed by atoms with van der Waals surface area (Å²) in [5, 5.41) is 13.4. The van der Waals surface area contributed by atoms with E-state index in [4.69, 9.17) is 23.7 Å². The van der Waals surface area contributed by atoms with Gasteiger partial charge in [-0.25, -0.2) is 4.98 Å². The van der Waals surface area contributed by atoms with E-state index in [0.29, 0.717) is 60.2 Å². The van der Waals surface area contributed by atoms with Crippen molar-refractivity contribution < 1.29 is 19.2 Å². The van der Waals surface area contributed by atoms with E-state index in [0.717, 1.165) is 69.5 Å². The highest BCUT2D eigenvalue weighted by atomic mass is 79.9. The molecule has 1 aromatic heterocycles. The number of aromatic nitrogens is 1. The van der Waals surface area contributed by atoms with Crippen LogP contribution in [0.3, 0.4) is 0 Å². The Hall–Kier alpha value is -5.47. The molecule has 4 aromatic carbocycles. The van der Waals surface area contributed by atoms with E-state index < -0.39 is 0 Å². The zero-order valence-electron chi connectivity index (χ0n) is 42.7. The number of nitrogens with one attached hydrogen (secondary N) is 4. The molecule has 0 bridgehead atoms. The Kier molecular flexibility index (Phi) is 24.7. The molecule has 21 heteroatoms. The van der Waals surface area contributed by atoms with Gasteiger partial charge in [-0.2, -0.15) is 14.9 Å². The smallest absolute Gasteiger partial charge is 0.221 e. The molecule has 2 fully saturated rings. The van der Waals surface area contributed by atoms with E-state index in [2.05, 4.69) is 119 Å². The minimum atomic E-state index is -0.201. The number of anilines is 8. The number of carbonyl (C=O) groups is 4. The number of nitrogen functional groups attached to an aromatic ring is 1. The Bertz CT molecular complexity index is 2600. The van der Waals surface area contributed by atoms with Crippen LogP contribution in [-0.2, 0) is 9.59 Å². The lowest BCUT2D eigenvalue weighted by Gasteiger charge is -2.38. The Morgan fingerprint density at radius 3 is 1.51 bits per heavy atom. The lowest BCUT2D eigenvalue weighted by atomic mass is 10.1. The second-order valence-corrected chi connectivity index (χ2v) is 20.6. The maximum atomic E-state index is 12.9. The third kappa shape index (κ3) is 19.4. The number of thiazole rings is 1. The quantitative estimate of drug-likeness (QED) is 0.0153. The first kappa shape index (κ1) is 60.1. The third-order valence-corrected chi connectivity index (χ3v) is 13.9. The number of halogens is 1. The predicted octanol–water partition coefficient (Wildman–Crippen LogP) is 9.45. The SMILES string of the molecule is CC(=O)Nc1ccc(C(=O)CBr)cc1.CC(=O)Nc1ccc(C(=O)c2sc(Nc3ccc(N4CCN(C(C)C)CC4)cc3)nc2N)cc1.CCSC(N)=NC(=S)Nc1ccc(N2CCN(C(C)C)CC2)cc1.P. The molecule has 392 valence electrons. The molecule has 5 aromatic rings. The number of aliphatic imine (C=N–C) groups is 1. The fourth-order valence-corrected chi connectivity index (χ4v) is 9.58. The van der Waals surface area contributed by atoms with Gasteiger partial charge in [-0.05, 0) is 143 Å². The number of nitrogens with two attached hydrogens (primary N) is 2. The molecular weight excluding hydrogens is 1060 g/mol. The number of benzene rings is 4. The molecule has 2 aliphatic heterocycles. The van der Waals surface area contributed by atoms with Crippen LogP contribution in [-0.4, -0.2) is 124 Å². The van der Waals surface area contributed by atoms with E-state index in [-0.39, 0.29) is 39.1 Å². The van der Waals surface area contributed by atoms with Crippen LogP contribution >= 0.6 is 61.1 Å². The largest absolute Gasteiger partial charge is 0.382 e. The summed E-state index contributed by atoms with van der Waals surface area (Å²) in [6.07, 6.45) is 0. The van der Waals surface area contributed by atoms with Crippen LogP contribution in [0, 0.1) is 0 Å². The number of Topliss-reactive ketones (excluding diaryl/α,β-unsaturated/α-hetero) is 1. The number of ketones is 2. The van der Waals surface area contributed by atoms with Crippen LogP contribution in [0.15, 0.2) is 102 Å². The second kappa shape index (κ2) is 30.0. The summed E-state index contributed by atoms with van der Waals surface area (Å²) in [5.74, 6) is 0.625. The van der Waals surface area contributed by atoms with Gasteiger partial charge >= 0.3 is 0 Å². The molecule has 1 atom stereocenters. The van der Waals surface area contributed by atoms with Crippen LogP contribution < -0.4 is 42.5 Å². The molecule has 8 N–H and O–H groups in total. The molecule has 0 aliphatic carbocycles. The van der Waals surface area contributed by atoms with Gasteiger partial charge < -0.3 is 42.5 Å². The Morgan fingerprint density at radius 1 is 0.685 bits per heavy atom. The van der Waals surface area contributed by atoms with Crippen molar-refractivity contribution in [3.05, 3.63) is 113 Å². The number of piperazine rings is 2. The van der Waals surface area contributed by atoms with Crippen LogP contribution in [0.25, 0.3) is 0 Å². The minimum absolute atomic E-state index is 0. The number of amides is 2. The van der Waals surface area contributed by atoms with E-state index in [9.17, 15) is 19.2 Å². The van der Waals surface area contributed by atoms with Gasteiger partial charge in [-0.3, -0.25) is 29.0 Å². The van der Waals surface area contributed by atoms with Crippen molar-refractivity contribution >= 4 is 140 Å². The fourth-order valence-electron chi connectivity index (χ4n) is 7.67. The average molecular weight is 1130 g/mol. The summed E-state index contributed by atoms with van der Waals surface area (Å²) >= 11 is 11.0. The number of rotatable bonds is 14. The van der Waals surface area contributed by atoms with Crippen LogP contribution in [0.1, 0.15) is 74.1 Å². The first-order valence-corrected chi connectivity index (χ1v) is 27.1. The Labute approximate surface area is 455 Å². The zero-order valence-corrected chi connectivity index (χ0v) is 48.2. The first-order chi connectivity index (χ1) is 34.4. The summed E-state index contributed by atoms with van der Waals surface area (Å²) in [6, 6.07) is 31.3. The molecule has 16 nitrogen and oxygen atoms in total. The topological polar surface area (TPSA) is 207 Å². The molecule has 2 saturated heterocycles. The van der Waals surface area contributed by atoms with Gasteiger partial charge in [0.05, 0.1) is 5.33 Å². The molecule has 1 unspecified atom stereocenters. The second-order valence-electron chi connectivity index (χ2n) is 17.4. The monoisotopic (exact) mass is 1130 g/mol. The van der Waals surface area contributed by atoms with Crippen molar-refractivity contribution in [1.29, 1.82) is 0 Å². The third-order valence-electron chi connectivity index (χ3n) is 11.5. The van der Waals surface area contributed by atoms with Crippen molar-refractivity contribution in [2.45, 2.75) is 60.5 Å². The van der Waals surface area contributed by atoms with Gasteiger partial charge in [0, 0.05) is 124 Å². The number of carbonyl (C=O) groups excluding carboxylic acids is 4. The molecule has 0 spiro atoms. The van der Waals surface area contributed by atoms with Crippen LogP contribution in [0.5, 0.6) is 0 Å². The van der Waals surface area contributed by atoms with E-state index in [1.807, 2.05) is 31.2 Å². The molecule has 73 heavy (non-hydrogen) atoms. The average Bonchev–Trinajstić information content (AvgIpc) is 3.73. The lowest BCUT2D eigenvalue weighted by Crippen LogP contribution is -2.48. The molecule has 7 rings (SSSR count). The van der Waals surface area contributed by atoms with E-state index in [1.54, 1.807) is 48.5 Å². The molecule has 2 aliphatic rings. The van der Waals surface area contributed by atoms with Gasteiger partial charge in [-0.1, -0.05) is 46.0 Å². The number of amidine groups is 1. The van der Waals surface area contributed by atoms with Crippen LogP contribution in [0.4, 0.5) is 45.1 Å². The predicted molar refractivity (Wildman–Crippen MR) is 321 cm³/mol. The highest BCUT2D eigenvalue weighted by Gasteiger charge is 2.22. The number of alkyl halides is 1. The number of thioether (sulfide) groups is 1. The Morgan fingerprint density at radius 2 is 1.10 bits per heavy atom. The number of thiocarbonyl (C=S) groups is 1. The van der Waals surface area contributed by atoms with Gasteiger partial charge in [-0.15, -0.1) is 0 Å². The summed E-state index contributed by atoms with van der Waals surface area (Å²) < 4.78 is 0. The summed E-state index contributed by atoms with van der Waals surface area (Å²) in [6.45, 7) is 22.5. The number of hydrogen-bond donors (Lipinski definition) is 6. The minimum Gasteiger partial charge on any atom is -0.382 e. The molecule has 3 heterocycles.